The summed E-state index contributed by atoms with van der Waals surface area (Å²) >= 11 is 0. The lowest BCUT2D eigenvalue weighted by Crippen LogP contribution is -2.32. The van der Waals surface area contributed by atoms with Crippen LogP contribution in [0.3, 0.4) is 0 Å². The molecule has 0 aliphatic carbocycles. The van der Waals surface area contributed by atoms with E-state index in [4.69, 9.17) is 4.74 Å². The van der Waals surface area contributed by atoms with Gasteiger partial charge in [-0.1, -0.05) is 0 Å². The number of hydrogen-bond donors (Lipinski definition) is 2. The zero-order valence-corrected chi connectivity index (χ0v) is 15.8. The Balaban J connectivity index is 1.92. The van der Waals surface area contributed by atoms with E-state index in [9.17, 15) is 13.2 Å². The third-order valence-electron chi connectivity index (χ3n) is 3.54. The highest BCUT2D eigenvalue weighted by atomic mass is 32.2. The number of anilines is 2. The van der Waals surface area contributed by atoms with Crippen molar-refractivity contribution in [1.82, 2.24) is 4.72 Å². The quantitative estimate of drug-likeness (QED) is 0.735. The molecule has 0 saturated heterocycles. The van der Waals surface area contributed by atoms with Crippen molar-refractivity contribution in [2.75, 3.05) is 37.5 Å². The Morgan fingerprint density at radius 2 is 1.65 bits per heavy atom. The molecule has 2 rings (SSSR count). The van der Waals surface area contributed by atoms with Crippen LogP contribution in [0.1, 0.15) is 6.92 Å². The number of benzene rings is 2. The third kappa shape index (κ3) is 5.47. The molecular weight excluding hydrogens is 354 g/mol. The number of sulfonamides is 1. The summed E-state index contributed by atoms with van der Waals surface area (Å²) in [6.45, 7) is 1.99. The first kappa shape index (κ1) is 19.7. The molecule has 0 spiro atoms. The Hall–Kier alpha value is -2.58. The van der Waals surface area contributed by atoms with Crippen molar-refractivity contribution in [2.24, 2.45) is 0 Å². The van der Waals surface area contributed by atoms with Crippen molar-refractivity contribution >= 4 is 27.3 Å². The second kappa shape index (κ2) is 8.68. The lowest BCUT2D eigenvalue weighted by atomic mass is 10.2. The fraction of sp³-hybridized carbons (Fsp3) is 0.278. The van der Waals surface area contributed by atoms with E-state index in [1.54, 1.807) is 24.3 Å². The molecule has 2 aromatic rings. The molecule has 0 unspecified atom stereocenters. The van der Waals surface area contributed by atoms with Gasteiger partial charge in [-0.25, -0.2) is 13.1 Å². The van der Waals surface area contributed by atoms with Gasteiger partial charge in [0.2, 0.25) is 15.9 Å². The van der Waals surface area contributed by atoms with Crippen molar-refractivity contribution in [1.29, 1.82) is 0 Å². The van der Waals surface area contributed by atoms with Gasteiger partial charge in [0.1, 0.15) is 5.75 Å². The summed E-state index contributed by atoms with van der Waals surface area (Å²) in [5.41, 5.74) is 1.60. The molecule has 0 aromatic heterocycles. The number of nitrogens with one attached hydrogen (secondary N) is 2. The first-order valence-electron chi connectivity index (χ1n) is 8.11. The standard InChI is InChI=1S/C18H23N3O4S/c1-4-25-16-9-11-17(12-10-16)26(23,24)19-13-18(22)20-14-5-7-15(8-6-14)21(2)3/h5-12,19H,4,13H2,1-3H3,(H,20,22). The van der Waals surface area contributed by atoms with Crippen LogP contribution in [-0.4, -0.2) is 41.6 Å². The molecule has 0 fully saturated rings. The highest BCUT2D eigenvalue weighted by Gasteiger charge is 2.15. The molecule has 0 heterocycles. The molecule has 0 saturated carbocycles. The predicted octanol–water partition coefficient (Wildman–Crippen LogP) is 2.07. The third-order valence-corrected chi connectivity index (χ3v) is 4.95. The van der Waals surface area contributed by atoms with E-state index in [0.29, 0.717) is 18.0 Å². The molecule has 2 aromatic carbocycles. The molecule has 26 heavy (non-hydrogen) atoms. The van der Waals surface area contributed by atoms with Gasteiger partial charge in [0.05, 0.1) is 18.0 Å². The monoisotopic (exact) mass is 377 g/mol. The van der Waals surface area contributed by atoms with E-state index < -0.39 is 15.9 Å². The molecule has 0 radical (unpaired) electrons. The second-order valence-electron chi connectivity index (χ2n) is 5.72. The summed E-state index contributed by atoms with van der Waals surface area (Å²) in [5, 5.41) is 2.65. The Labute approximate surface area is 154 Å². The molecule has 8 heteroatoms. The van der Waals surface area contributed by atoms with Gasteiger partial charge in [-0.3, -0.25) is 4.79 Å². The zero-order valence-electron chi connectivity index (χ0n) is 15.0. The smallest absolute Gasteiger partial charge is 0.241 e. The number of carbonyl (C=O) groups excluding carboxylic acids is 1. The van der Waals surface area contributed by atoms with E-state index in [-0.39, 0.29) is 11.4 Å². The Kier molecular flexibility index (Phi) is 6.59. The summed E-state index contributed by atoms with van der Waals surface area (Å²) in [4.78, 5) is 14.0. The fourth-order valence-electron chi connectivity index (χ4n) is 2.17. The van der Waals surface area contributed by atoms with Crippen LogP contribution < -0.4 is 19.7 Å². The maximum Gasteiger partial charge on any atom is 0.241 e. The van der Waals surface area contributed by atoms with Crippen molar-refractivity contribution < 1.29 is 17.9 Å². The normalized spacial score (nSPS) is 11.0. The topological polar surface area (TPSA) is 87.7 Å². The van der Waals surface area contributed by atoms with Crippen LogP contribution in [0.15, 0.2) is 53.4 Å². The highest BCUT2D eigenvalue weighted by molar-refractivity contribution is 7.89. The maximum atomic E-state index is 12.2. The Morgan fingerprint density at radius 1 is 1.04 bits per heavy atom. The minimum absolute atomic E-state index is 0.0732. The number of nitrogens with zero attached hydrogens (tertiary/aromatic N) is 1. The minimum atomic E-state index is -3.77. The van der Waals surface area contributed by atoms with E-state index in [1.807, 2.05) is 38.1 Å². The van der Waals surface area contributed by atoms with Crippen molar-refractivity contribution in [3.8, 4) is 5.75 Å². The number of amides is 1. The summed E-state index contributed by atoms with van der Waals surface area (Å²) in [7, 11) is 0.0695. The van der Waals surface area contributed by atoms with Crippen LogP contribution >= 0.6 is 0 Å². The maximum absolute atomic E-state index is 12.2. The molecule has 1 amide bonds. The molecule has 2 N–H and O–H groups in total. The van der Waals surface area contributed by atoms with Crippen LogP contribution in [0, 0.1) is 0 Å². The van der Waals surface area contributed by atoms with E-state index in [0.717, 1.165) is 5.69 Å². The first-order valence-corrected chi connectivity index (χ1v) is 9.60. The van der Waals surface area contributed by atoms with Crippen LogP contribution in [0.2, 0.25) is 0 Å². The lowest BCUT2D eigenvalue weighted by molar-refractivity contribution is -0.115. The Bertz CT molecular complexity index is 832. The molecular formula is C18H23N3O4S. The highest BCUT2D eigenvalue weighted by Crippen LogP contribution is 2.17. The van der Waals surface area contributed by atoms with Crippen molar-refractivity contribution in [3.63, 3.8) is 0 Å². The van der Waals surface area contributed by atoms with Gasteiger partial charge in [-0.15, -0.1) is 0 Å². The van der Waals surface area contributed by atoms with Crippen LogP contribution in [0.25, 0.3) is 0 Å². The van der Waals surface area contributed by atoms with Gasteiger partial charge in [-0.05, 0) is 55.5 Å². The van der Waals surface area contributed by atoms with E-state index >= 15 is 0 Å². The van der Waals surface area contributed by atoms with Crippen LogP contribution in [0.4, 0.5) is 11.4 Å². The van der Waals surface area contributed by atoms with Gasteiger partial charge in [0, 0.05) is 25.5 Å². The number of rotatable bonds is 8. The van der Waals surface area contributed by atoms with E-state index in [1.165, 1.54) is 12.1 Å². The summed E-state index contributed by atoms with van der Waals surface area (Å²) in [6.07, 6.45) is 0. The molecule has 0 aliphatic rings. The molecule has 140 valence electrons. The average molecular weight is 377 g/mol. The van der Waals surface area contributed by atoms with Gasteiger partial charge in [0.25, 0.3) is 0 Å². The van der Waals surface area contributed by atoms with Gasteiger partial charge < -0.3 is 15.0 Å². The van der Waals surface area contributed by atoms with Gasteiger partial charge >= 0.3 is 0 Å². The van der Waals surface area contributed by atoms with Crippen molar-refractivity contribution in [2.45, 2.75) is 11.8 Å². The lowest BCUT2D eigenvalue weighted by Gasteiger charge is -2.13. The first-order chi connectivity index (χ1) is 12.3. The minimum Gasteiger partial charge on any atom is -0.494 e. The SMILES string of the molecule is CCOc1ccc(S(=O)(=O)NCC(=O)Nc2ccc(N(C)C)cc2)cc1. The molecule has 0 atom stereocenters. The largest absolute Gasteiger partial charge is 0.494 e. The van der Waals surface area contributed by atoms with Crippen LogP contribution in [0.5, 0.6) is 5.75 Å². The summed E-state index contributed by atoms with van der Waals surface area (Å²) in [5.74, 6) is 0.141. The number of hydrogen-bond acceptors (Lipinski definition) is 5. The molecule has 0 bridgehead atoms. The van der Waals surface area contributed by atoms with Crippen molar-refractivity contribution in [3.05, 3.63) is 48.5 Å². The Morgan fingerprint density at radius 3 is 2.19 bits per heavy atom. The predicted molar refractivity (Wildman–Crippen MR) is 102 cm³/mol. The van der Waals surface area contributed by atoms with Gasteiger partial charge in [-0.2, -0.15) is 0 Å². The number of ether oxygens (including phenoxy) is 1. The van der Waals surface area contributed by atoms with Gasteiger partial charge in [0.15, 0.2) is 0 Å². The number of carbonyl (C=O) groups is 1. The molecule has 7 nitrogen and oxygen atoms in total. The average Bonchev–Trinajstić information content (AvgIpc) is 2.61. The second-order valence-corrected chi connectivity index (χ2v) is 7.49. The zero-order chi connectivity index (χ0) is 19.2. The molecule has 0 aliphatic heterocycles. The summed E-state index contributed by atoms with van der Waals surface area (Å²) < 4.78 is 32.0. The fourth-order valence-corrected chi connectivity index (χ4v) is 3.16. The van der Waals surface area contributed by atoms with Crippen LogP contribution in [-0.2, 0) is 14.8 Å². The summed E-state index contributed by atoms with van der Waals surface area (Å²) in [6, 6.07) is 13.3. The van der Waals surface area contributed by atoms with E-state index in [2.05, 4.69) is 10.0 Å².